The van der Waals surface area contributed by atoms with Crippen LogP contribution in [0.5, 0.6) is 0 Å². The summed E-state index contributed by atoms with van der Waals surface area (Å²) < 4.78 is 1.71. The molecule has 6 nitrogen and oxygen atoms in total. The largest absolute Gasteiger partial charge is 0.350 e. The van der Waals surface area contributed by atoms with Gasteiger partial charge in [0.05, 0.1) is 18.8 Å². The molecule has 1 amide bonds. The SMILES string of the molecule is O=C(NCc1cc(=O)n2c(n1)CNCCC2)C1CC1. The van der Waals surface area contributed by atoms with Gasteiger partial charge in [0.1, 0.15) is 5.82 Å². The Kier molecular flexibility index (Phi) is 3.33. The lowest BCUT2D eigenvalue weighted by Crippen LogP contribution is -2.29. The minimum atomic E-state index is -0.0237. The number of carbonyl (C=O) groups is 1. The van der Waals surface area contributed by atoms with E-state index in [0.29, 0.717) is 25.3 Å². The fourth-order valence-corrected chi connectivity index (χ4v) is 2.30. The Morgan fingerprint density at radius 2 is 2.37 bits per heavy atom. The van der Waals surface area contributed by atoms with E-state index >= 15 is 0 Å². The van der Waals surface area contributed by atoms with E-state index in [1.54, 1.807) is 4.57 Å². The zero-order valence-electron chi connectivity index (χ0n) is 10.8. The lowest BCUT2D eigenvalue weighted by molar-refractivity contribution is -0.122. The summed E-state index contributed by atoms with van der Waals surface area (Å²) in [6.07, 6.45) is 2.90. The molecule has 102 valence electrons. The topological polar surface area (TPSA) is 76.0 Å². The van der Waals surface area contributed by atoms with Crippen molar-refractivity contribution in [3.63, 3.8) is 0 Å². The number of aromatic nitrogens is 2. The molecule has 1 aromatic heterocycles. The molecule has 1 aromatic rings. The molecule has 0 aromatic carbocycles. The summed E-state index contributed by atoms with van der Waals surface area (Å²) in [4.78, 5) is 28.1. The Labute approximate surface area is 111 Å². The van der Waals surface area contributed by atoms with Crippen molar-refractivity contribution in [3.05, 3.63) is 27.9 Å². The third-order valence-corrected chi connectivity index (χ3v) is 3.55. The van der Waals surface area contributed by atoms with Crippen molar-refractivity contribution in [1.82, 2.24) is 20.2 Å². The first-order chi connectivity index (χ1) is 9.24. The van der Waals surface area contributed by atoms with E-state index in [9.17, 15) is 9.59 Å². The molecule has 1 aliphatic heterocycles. The summed E-state index contributed by atoms with van der Waals surface area (Å²) >= 11 is 0. The van der Waals surface area contributed by atoms with Crippen LogP contribution in [0.2, 0.25) is 0 Å². The van der Waals surface area contributed by atoms with Crippen LogP contribution in [0.15, 0.2) is 10.9 Å². The van der Waals surface area contributed by atoms with Crippen LogP contribution in [0.3, 0.4) is 0 Å². The zero-order valence-corrected chi connectivity index (χ0v) is 10.8. The minimum absolute atomic E-state index is 0.0237. The number of amides is 1. The van der Waals surface area contributed by atoms with Crippen molar-refractivity contribution < 1.29 is 4.79 Å². The molecular weight excluding hydrogens is 244 g/mol. The Morgan fingerprint density at radius 3 is 3.16 bits per heavy atom. The Morgan fingerprint density at radius 1 is 1.53 bits per heavy atom. The first kappa shape index (κ1) is 12.3. The van der Waals surface area contributed by atoms with E-state index in [1.807, 2.05) is 0 Å². The number of nitrogens with zero attached hydrogens (tertiary/aromatic N) is 2. The van der Waals surface area contributed by atoms with Gasteiger partial charge in [0.25, 0.3) is 5.56 Å². The van der Waals surface area contributed by atoms with Crippen LogP contribution in [0.1, 0.15) is 30.8 Å². The second kappa shape index (κ2) is 5.13. The van der Waals surface area contributed by atoms with E-state index in [-0.39, 0.29) is 17.4 Å². The van der Waals surface area contributed by atoms with Crippen molar-refractivity contribution in [2.45, 2.75) is 38.9 Å². The Balaban J connectivity index is 1.75. The molecule has 0 spiro atoms. The molecule has 3 rings (SSSR count). The highest BCUT2D eigenvalue weighted by atomic mass is 16.2. The first-order valence-corrected chi connectivity index (χ1v) is 6.82. The fourth-order valence-electron chi connectivity index (χ4n) is 2.30. The Bertz CT molecular complexity index is 548. The minimum Gasteiger partial charge on any atom is -0.350 e. The van der Waals surface area contributed by atoms with E-state index < -0.39 is 0 Å². The van der Waals surface area contributed by atoms with Crippen LogP contribution in [0.25, 0.3) is 0 Å². The van der Waals surface area contributed by atoms with Gasteiger partial charge in [-0.1, -0.05) is 0 Å². The maximum Gasteiger partial charge on any atom is 0.253 e. The lowest BCUT2D eigenvalue weighted by Gasteiger charge is -2.10. The Hall–Kier alpha value is -1.69. The molecule has 0 bridgehead atoms. The van der Waals surface area contributed by atoms with Gasteiger partial charge in [-0.15, -0.1) is 0 Å². The highest BCUT2D eigenvalue weighted by molar-refractivity contribution is 5.80. The quantitative estimate of drug-likeness (QED) is 0.788. The highest BCUT2D eigenvalue weighted by Crippen LogP contribution is 2.28. The predicted molar refractivity (Wildman–Crippen MR) is 69.4 cm³/mol. The molecular formula is C13H18N4O2. The molecule has 2 N–H and O–H groups in total. The van der Waals surface area contributed by atoms with Crippen LogP contribution in [-0.2, 0) is 24.4 Å². The molecule has 19 heavy (non-hydrogen) atoms. The molecule has 1 saturated carbocycles. The molecule has 6 heteroatoms. The van der Waals surface area contributed by atoms with E-state index in [1.165, 1.54) is 6.07 Å². The van der Waals surface area contributed by atoms with Crippen LogP contribution < -0.4 is 16.2 Å². The van der Waals surface area contributed by atoms with Gasteiger partial charge in [-0.25, -0.2) is 4.98 Å². The maximum absolute atomic E-state index is 12.0. The van der Waals surface area contributed by atoms with E-state index in [0.717, 1.165) is 31.6 Å². The molecule has 2 heterocycles. The smallest absolute Gasteiger partial charge is 0.253 e. The number of rotatable bonds is 3. The van der Waals surface area contributed by atoms with Crippen molar-refractivity contribution in [1.29, 1.82) is 0 Å². The summed E-state index contributed by atoms with van der Waals surface area (Å²) in [5.41, 5.74) is 0.623. The standard InChI is InChI=1S/C13H18N4O2/c18-12-6-10(7-15-13(19)9-2-3-9)16-11-8-14-4-1-5-17(11)12/h6,9,14H,1-5,7-8H2,(H,15,19). The maximum atomic E-state index is 12.0. The monoisotopic (exact) mass is 262 g/mol. The lowest BCUT2D eigenvalue weighted by atomic mass is 10.3. The highest BCUT2D eigenvalue weighted by Gasteiger charge is 2.29. The number of hydrogen-bond acceptors (Lipinski definition) is 4. The molecule has 1 fully saturated rings. The van der Waals surface area contributed by atoms with E-state index in [4.69, 9.17) is 0 Å². The van der Waals surface area contributed by atoms with Crippen molar-refractivity contribution in [2.24, 2.45) is 5.92 Å². The van der Waals surface area contributed by atoms with Crippen molar-refractivity contribution in [3.8, 4) is 0 Å². The van der Waals surface area contributed by atoms with Crippen LogP contribution in [0, 0.1) is 5.92 Å². The predicted octanol–water partition coefficient (Wildman–Crippen LogP) is -0.237. The summed E-state index contributed by atoms with van der Waals surface area (Å²) in [5.74, 6) is 1.03. The van der Waals surface area contributed by atoms with Crippen molar-refractivity contribution >= 4 is 5.91 Å². The first-order valence-electron chi connectivity index (χ1n) is 6.82. The summed E-state index contributed by atoms with van der Waals surface area (Å²) in [6.45, 7) is 2.57. The average Bonchev–Trinajstić information content (AvgIpc) is 3.22. The summed E-state index contributed by atoms with van der Waals surface area (Å²) in [6, 6.07) is 1.53. The molecule has 0 saturated heterocycles. The van der Waals surface area contributed by atoms with Gasteiger partial charge in [-0.05, 0) is 25.8 Å². The van der Waals surface area contributed by atoms with Gasteiger partial charge in [0.15, 0.2) is 0 Å². The molecule has 1 aliphatic carbocycles. The van der Waals surface area contributed by atoms with E-state index in [2.05, 4.69) is 15.6 Å². The third kappa shape index (κ3) is 2.84. The number of fused-ring (bicyclic) bond motifs is 1. The average molecular weight is 262 g/mol. The van der Waals surface area contributed by atoms with Crippen LogP contribution in [-0.4, -0.2) is 22.0 Å². The van der Waals surface area contributed by atoms with Crippen LogP contribution >= 0.6 is 0 Å². The molecule has 0 atom stereocenters. The second-order valence-corrected chi connectivity index (χ2v) is 5.18. The van der Waals surface area contributed by atoms with Gasteiger partial charge < -0.3 is 10.6 Å². The van der Waals surface area contributed by atoms with Crippen LogP contribution in [0.4, 0.5) is 0 Å². The van der Waals surface area contributed by atoms with Gasteiger partial charge in [0.2, 0.25) is 5.91 Å². The number of carbonyl (C=O) groups excluding carboxylic acids is 1. The summed E-state index contributed by atoms with van der Waals surface area (Å²) in [7, 11) is 0. The van der Waals surface area contributed by atoms with Gasteiger partial charge in [-0.2, -0.15) is 0 Å². The van der Waals surface area contributed by atoms with Crippen molar-refractivity contribution in [2.75, 3.05) is 6.54 Å². The number of hydrogen-bond donors (Lipinski definition) is 2. The second-order valence-electron chi connectivity index (χ2n) is 5.18. The molecule has 2 aliphatic rings. The normalized spacial score (nSPS) is 18.5. The molecule has 0 unspecified atom stereocenters. The third-order valence-electron chi connectivity index (χ3n) is 3.55. The molecule has 0 radical (unpaired) electrons. The summed E-state index contributed by atoms with van der Waals surface area (Å²) in [5, 5.41) is 6.08. The van der Waals surface area contributed by atoms with Gasteiger partial charge in [-0.3, -0.25) is 14.2 Å². The zero-order chi connectivity index (χ0) is 13.2. The fraction of sp³-hybridized carbons (Fsp3) is 0.615. The van der Waals surface area contributed by atoms with Gasteiger partial charge >= 0.3 is 0 Å². The van der Waals surface area contributed by atoms with Gasteiger partial charge in [0, 0.05) is 18.5 Å². The number of nitrogens with one attached hydrogen (secondary N) is 2.